The van der Waals surface area contributed by atoms with Crippen LogP contribution in [0, 0.1) is 5.92 Å². The molecule has 0 radical (unpaired) electrons. The van der Waals surface area contributed by atoms with Crippen LogP contribution in [0.4, 0.5) is 0 Å². The lowest BCUT2D eigenvalue weighted by Gasteiger charge is -2.34. The molecule has 0 spiro atoms. The molecule has 0 saturated carbocycles. The molecule has 1 saturated heterocycles. The van der Waals surface area contributed by atoms with Crippen LogP contribution in [0.5, 0.6) is 0 Å². The molecular weight excluding hydrogens is 266 g/mol. The predicted octanol–water partition coefficient (Wildman–Crippen LogP) is 2.81. The number of piperidine rings is 1. The Morgan fingerprint density at radius 2 is 2.33 bits per heavy atom. The molecule has 1 aliphatic heterocycles. The van der Waals surface area contributed by atoms with Crippen LogP contribution in [-0.2, 0) is 0 Å². The van der Waals surface area contributed by atoms with E-state index >= 15 is 0 Å². The molecule has 0 bridgehead atoms. The van der Waals surface area contributed by atoms with Gasteiger partial charge in [-0.2, -0.15) is 0 Å². The Kier molecular flexibility index (Phi) is 3.13. The third-order valence-corrected chi connectivity index (χ3v) is 5.64. The van der Waals surface area contributed by atoms with E-state index in [0.29, 0.717) is 12.5 Å². The fraction of sp³-hybridized carbons (Fsp3) is 0.462. The average molecular weight is 281 g/mol. The normalized spacial score (nSPS) is 24.7. The van der Waals surface area contributed by atoms with E-state index in [9.17, 15) is 9.90 Å². The van der Waals surface area contributed by atoms with E-state index in [1.807, 2.05) is 18.4 Å². The van der Waals surface area contributed by atoms with Crippen molar-refractivity contribution in [3.05, 3.63) is 22.4 Å². The second kappa shape index (κ2) is 4.64. The number of likely N-dealkylation sites (tertiary alicyclic amines) is 1. The van der Waals surface area contributed by atoms with E-state index in [-0.39, 0.29) is 12.0 Å². The highest BCUT2D eigenvalue weighted by molar-refractivity contribution is 7.27. The summed E-state index contributed by atoms with van der Waals surface area (Å²) in [5.74, 6) is 0.357. The molecule has 3 nitrogen and oxygen atoms in total. The lowest BCUT2D eigenvalue weighted by Crippen LogP contribution is -2.45. The second-order valence-electron chi connectivity index (χ2n) is 4.84. The third kappa shape index (κ3) is 2.06. The number of fused-ring (bicyclic) bond motifs is 1. The maximum Gasteiger partial charge on any atom is 0.264 e. The molecule has 1 amide bonds. The molecule has 1 N–H and O–H groups in total. The third-order valence-electron chi connectivity index (χ3n) is 3.56. The van der Waals surface area contributed by atoms with E-state index in [2.05, 4.69) is 6.07 Å². The molecule has 3 heterocycles. The fourth-order valence-electron chi connectivity index (χ4n) is 2.26. The summed E-state index contributed by atoms with van der Waals surface area (Å²) >= 11 is 3.21. The van der Waals surface area contributed by atoms with Crippen molar-refractivity contribution >= 4 is 38.0 Å². The van der Waals surface area contributed by atoms with E-state index in [0.717, 1.165) is 17.8 Å². The summed E-state index contributed by atoms with van der Waals surface area (Å²) < 4.78 is 2.35. The number of β-amino-alcohol motifs (C(OH)–C–C–N with tert-alkyl or cyclic N) is 1. The Bertz CT molecular complexity index is 546. The maximum absolute atomic E-state index is 12.3. The van der Waals surface area contributed by atoms with Crippen molar-refractivity contribution in [2.45, 2.75) is 19.4 Å². The summed E-state index contributed by atoms with van der Waals surface area (Å²) in [5, 5.41) is 11.9. The van der Waals surface area contributed by atoms with Crippen molar-refractivity contribution in [1.29, 1.82) is 0 Å². The van der Waals surface area contributed by atoms with Gasteiger partial charge in [0.2, 0.25) is 0 Å². The van der Waals surface area contributed by atoms with Gasteiger partial charge in [0.05, 0.1) is 11.0 Å². The lowest BCUT2D eigenvalue weighted by atomic mass is 9.96. The zero-order chi connectivity index (χ0) is 12.7. The summed E-state index contributed by atoms with van der Waals surface area (Å²) in [5.41, 5.74) is 0. The smallest absolute Gasteiger partial charge is 0.264 e. The first-order valence-corrected chi connectivity index (χ1v) is 7.79. The Balaban J connectivity index is 1.80. The number of aliphatic hydroxyl groups excluding tert-OH is 1. The van der Waals surface area contributed by atoms with E-state index in [1.165, 1.54) is 9.40 Å². The highest BCUT2D eigenvalue weighted by Gasteiger charge is 2.28. The van der Waals surface area contributed by atoms with Crippen LogP contribution in [0.3, 0.4) is 0 Å². The van der Waals surface area contributed by atoms with Gasteiger partial charge in [-0.25, -0.2) is 0 Å². The molecule has 2 unspecified atom stereocenters. The van der Waals surface area contributed by atoms with Crippen molar-refractivity contribution in [2.75, 3.05) is 13.1 Å². The fourth-order valence-corrected chi connectivity index (χ4v) is 4.34. The molecule has 1 fully saturated rings. The Morgan fingerprint density at radius 1 is 1.50 bits per heavy atom. The van der Waals surface area contributed by atoms with Crippen LogP contribution in [0.25, 0.3) is 9.40 Å². The molecular formula is C13H15NO2S2. The number of hydrogen-bond donors (Lipinski definition) is 1. The predicted molar refractivity (Wildman–Crippen MR) is 75.4 cm³/mol. The van der Waals surface area contributed by atoms with Crippen molar-refractivity contribution < 1.29 is 9.90 Å². The minimum Gasteiger partial charge on any atom is -0.391 e. The Morgan fingerprint density at radius 3 is 3.06 bits per heavy atom. The number of carbonyl (C=O) groups is 1. The van der Waals surface area contributed by atoms with Gasteiger partial charge >= 0.3 is 0 Å². The highest BCUT2D eigenvalue weighted by Crippen LogP contribution is 2.31. The second-order valence-corrected chi connectivity index (χ2v) is 6.88. The van der Waals surface area contributed by atoms with Gasteiger partial charge in [-0.3, -0.25) is 4.79 Å². The molecule has 96 valence electrons. The largest absolute Gasteiger partial charge is 0.391 e. The first kappa shape index (κ1) is 12.1. The first-order valence-electron chi connectivity index (χ1n) is 6.09. The van der Waals surface area contributed by atoms with E-state index in [4.69, 9.17) is 0 Å². The molecule has 2 aromatic heterocycles. The molecule has 5 heteroatoms. The van der Waals surface area contributed by atoms with E-state index in [1.54, 1.807) is 27.6 Å². The van der Waals surface area contributed by atoms with Gasteiger partial charge in [0, 0.05) is 22.5 Å². The maximum atomic E-state index is 12.3. The Hall–Kier alpha value is -0.910. The molecule has 0 aromatic carbocycles. The number of rotatable bonds is 1. The van der Waals surface area contributed by atoms with Crippen molar-refractivity contribution in [3.63, 3.8) is 0 Å². The molecule has 0 aliphatic carbocycles. The Labute approximate surface area is 114 Å². The SMILES string of the molecule is CC1CCN(C(=O)c2cc3sccc3s2)CC1O. The van der Waals surface area contributed by atoms with Gasteiger partial charge < -0.3 is 10.0 Å². The number of nitrogens with zero attached hydrogens (tertiary/aromatic N) is 1. The lowest BCUT2D eigenvalue weighted by molar-refractivity contribution is 0.0251. The molecule has 18 heavy (non-hydrogen) atoms. The highest BCUT2D eigenvalue weighted by atomic mass is 32.1. The molecule has 1 aliphatic rings. The van der Waals surface area contributed by atoms with Crippen LogP contribution in [0.1, 0.15) is 23.0 Å². The van der Waals surface area contributed by atoms with Crippen LogP contribution in [0.2, 0.25) is 0 Å². The van der Waals surface area contributed by atoms with Gasteiger partial charge in [-0.1, -0.05) is 6.92 Å². The zero-order valence-electron chi connectivity index (χ0n) is 10.1. The van der Waals surface area contributed by atoms with Gasteiger partial charge in [0.1, 0.15) is 0 Å². The molecule has 2 atom stereocenters. The number of aliphatic hydroxyl groups is 1. The summed E-state index contributed by atoms with van der Waals surface area (Å²) in [7, 11) is 0. The molecule has 3 rings (SSSR count). The topological polar surface area (TPSA) is 40.5 Å². The summed E-state index contributed by atoms with van der Waals surface area (Å²) in [4.78, 5) is 14.9. The standard InChI is InChI=1S/C13H15NO2S2/c1-8-2-4-14(7-9(8)15)13(16)12-6-11-10(18-12)3-5-17-11/h3,5-6,8-9,15H,2,4,7H2,1H3. The number of carbonyl (C=O) groups excluding carboxylic acids is 1. The average Bonchev–Trinajstić information content (AvgIpc) is 2.92. The van der Waals surface area contributed by atoms with Gasteiger partial charge in [0.15, 0.2) is 0 Å². The molecule has 2 aromatic rings. The van der Waals surface area contributed by atoms with Gasteiger partial charge in [0.25, 0.3) is 5.91 Å². The van der Waals surface area contributed by atoms with Gasteiger partial charge in [-0.05, 0) is 29.9 Å². The zero-order valence-corrected chi connectivity index (χ0v) is 11.8. The van der Waals surface area contributed by atoms with Crippen LogP contribution >= 0.6 is 22.7 Å². The van der Waals surface area contributed by atoms with Crippen molar-refractivity contribution in [2.24, 2.45) is 5.92 Å². The van der Waals surface area contributed by atoms with Crippen molar-refractivity contribution in [1.82, 2.24) is 4.90 Å². The van der Waals surface area contributed by atoms with Crippen LogP contribution < -0.4 is 0 Å². The van der Waals surface area contributed by atoms with Crippen LogP contribution in [0.15, 0.2) is 17.5 Å². The summed E-state index contributed by atoms with van der Waals surface area (Å²) in [6.45, 7) is 3.25. The number of thiophene rings is 2. The minimum absolute atomic E-state index is 0.0642. The first-order chi connectivity index (χ1) is 8.65. The van der Waals surface area contributed by atoms with Gasteiger partial charge in [-0.15, -0.1) is 22.7 Å². The monoisotopic (exact) mass is 281 g/mol. The minimum atomic E-state index is -0.385. The quantitative estimate of drug-likeness (QED) is 0.873. The van der Waals surface area contributed by atoms with Crippen LogP contribution in [-0.4, -0.2) is 35.1 Å². The van der Waals surface area contributed by atoms with Crippen molar-refractivity contribution in [3.8, 4) is 0 Å². The number of hydrogen-bond acceptors (Lipinski definition) is 4. The number of amides is 1. The summed E-state index contributed by atoms with van der Waals surface area (Å²) in [6, 6.07) is 4.02. The van der Waals surface area contributed by atoms with E-state index < -0.39 is 0 Å². The summed E-state index contributed by atoms with van der Waals surface area (Å²) in [6.07, 6.45) is 0.496.